The highest BCUT2D eigenvalue weighted by atomic mass is 16.5. The fraction of sp³-hybridized carbons (Fsp3) is 0.941. The number of esters is 1. The molecule has 124 valence electrons. The minimum atomic E-state index is -0.551. The van der Waals surface area contributed by atoms with Gasteiger partial charge in [-0.1, -0.05) is 26.7 Å². The van der Waals surface area contributed by atoms with Gasteiger partial charge in [-0.05, 0) is 58.7 Å². The maximum Gasteiger partial charge on any atom is 0.326 e. The molecule has 1 saturated heterocycles. The van der Waals surface area contributed by atoms with E-state index >= 15 is 0 Å². The van der Waals surface area contributed by atoms with Crippen LogP contribution in [-0.2, 0) is 9.53 Å². The van der Waals surface area contributed by atoms with Crippen molar-refractivity contribution in [3.8, 4) is 0 Å². The number of carbonyl (C=O) groups excluding carboxylic acids is 1. The van der Waals surface area contributed by atoms with Gasteiger partial charge >= 0.3 is 5.97 Å². The van der Waals surface area contributed by atoms with E-state index < -0.39 is 5.54 Å². The lowest BCUT2D eigenvalue weighted by atomic mass is 9.91. The summed E-state index contributed by atoms with van der Waals surface area (Å²) in [5.41, 5.74) is -0.551. The highest BCUT2D eigenvalue weighted by Gasteiger charge is 2.34. The largest absolute Gasteiger partial charge is 0.465 e. The molecular formula is C17H34N2O2. The Balaban J connectivity index is 2.42. The minimum Gasteiger partial charge on any atom is -0.465 e. The summed E-state index contributed by atoms with van der Waals surface area (Å²) >= 11 is 0. The molecule has 0 aromatic heterocycles. The lowest BCUT2D eigenvalue weighted by Crippen LogP contribution is -2.52. The first-order valence-electron chi connectivity index (χ1n) is 8.70. The van der Waals surface area contributed by atoms with Gasteiger partial charge in [-0.3, -0.25) is 4.79 Å². The van der Waals surface area contributed by atoms with Crippen molar-refractivity contribution in [2.75, 3.05) is 32.8 Å². The average Bonchev–Trinajstić information content (AvgIpc) is 2.47. The fourth-order valence-corrected chi connectivity index (χ4v) is 3.23. The summed E-state index contributed by atoms with van der Waals surface area (Å²) in [5, 5.41) is 3.31. The summed E-state index contributed by atoms with van der Waals surface area (Å²) in [6, 6.07) is 0. The number of rotatable bonds is 9. The van der Waals surface area contributed by atoms with Crippen LogP contribution in [0.5, 0.6) is 0 Å². The van der Waals surface area contributed by atoms with Gasteiger partial charge < -0.3 is 15.0 Å². The van der Waals surface area contributed by atoms with Crippen LogP contribution in [0.15, 0.2) is 0 Å². The van der Waals surface area contributed by atoms with E-state index in [1.54, 1.807) is 0 Å². The van der Waals surface area contributed by atoms with E-state index in [9.17, 15) is 4.79 Å². The lowest BCUT2D eigenvalue weighted by molar-refractivity contribution is -0.151. The van der Waals surface area contributed by atoms with Crippen molar-refractivity contribution < 1.29 is 9.53 Å². The maximum absolute atomic E-state index is 12.2. The van der Waals surface area contributed by atoms with Gasteiger partial charge in [-0.2, -0.15) is 0 Å². The molecular weight excluding hydrogens is 264 g/mol. The molecule has 1 unspecified atom stereocenters. The molecule has 0 aromatic rings. The Morgan fingerprint density at radius 2 is 1.95 bits per heavy atom. The second-order valence-electron chi connectivity index (χ2n) is 6.41. The molecule has 1 fully saturated rings. The minimum absolute atomic E-state index is 0.118. The Labute approximate surface area is 130 Å². The van der Waals surface area contributed by atoms with Gasteiger partial charge in [0.25, 0.3) is 0 Å². The third kappa shape index (κ3) is 5.95. The molecule has 0 saturated carbocycles. The average molecular weight is 298 g/mol. The first-order chi connectivity index (χ1) is 10.1. The second-order valence-corrected chi connectivity index (χ2v) is 6.41. The predicted molar refractivity (Wildman–Crippen MR) is 87.4 cm³/mol. The summed E-state index contributed by atoms with van der Waals surface area (Å²) in [7, 11) is 0. The van der Waals surface area contributed by atoms with Crippen molar-refractivity contribution in [1.29, 1.82) is 0 Å². The van der Waals surface area contributed by atoms with Crippen LogP contribution in [0.3, 0.4) is 0 Å². The Morgan fingerprint density at radius 3 is 2.48 bits per heavy atom. The van der Waals surface area contributed by atoms with Crippen LogP contribution in [0, 0.1) is 5.92 Å². The van der Waals surface area contributed by atoms with Crippen LogP contribution in [0.1, 0.15) is 59.8 Å². The fourth-order valence-electron chi connectivity index (χ4n) is 3.23. The standard InChI is InChI=1S/C17H34N2O2/c1-5-8-15-9-12-19(13-10-15)14-11-17(4,18-6-2)16(20)21-7-3/h15,18H,5-14H2,1-4H3. The van der Waals surface area contributed by atoms with Gasteiger partial charge in [0.05, 0.1) is 6.61 Å². The number of likely N-dealkylation sites (N-methyl/N-ethyl adjacent to an activating group) is 1. The number of nitrogens with zero attached hydrogens (tertiary/aromatic N) is 1. The number of carbonyl (C=O) groups is 1. The third-order valence-electron chi connectivity index (χ3n) is 4.63. The van der Waals surface area contributed by atoms with E-state index in [0.717, 1.165) is 25.4 Å². The van der Waals surface area contributed by atoms with Gasteiger partial charge in [-0.15, -0.1) is 0 Å². The number of piperidine rings is 1. The Kier molecular flexibility index (Phi) is 8.27. The van der Waals surface area contributed by atoms with Gasteiger partial charge in [0.1, 0.15) is 5.54 Å². The van der Waals surface area contributed by atoms with Crippen LogP contribution >= 0.6 is 0 Å². The topological polar surface area (TPSA) is 41.6 Å². The quantitative estimate of drug-likeness (QED) is 0.665. The SMILES string of the molecule is CCCC1CCN(CCC(C)(NCC)C(=O)OCC)CC1. The van der Waals surface area contributed by atoms with Crippen molar-refractivity contribution >= 4 is 5.97 Å². The molecule has 1 aliphatic rings. The summed E-state index contributed by atoms with van der Waals surface area (Å²) in [4.78, 5) is 14.7. The molecule has 0 bridgehead atoms. The molecule has 0 aliphatic carbocycles. The first kappa shape index (κ1) is 18.4. The van der Waals surface area contributed by atoms with Crippen LogP contribution in [0.2, 0.25) is 0 Å². The van der Waals surface area contributed by atoms with E-state index in [2.05, 4.69) is 17.1 Å². The van der Waals surface area contributed by atoms with E-state index in [0.29, 0.717) is 6.61 Å². The van der Waals surface area contributed by atoms with Crippen molar-refractivity contribution in [2.24, 2.45) is 5.92 Å². The number of hydrogen-bond donors (Lipinski definition) is 1. The number of nitrogens with one attached hydrogen (secondary N) is 1. The van der Waals surface area contributed by atoms with E-state index in [1.165, 1.54) is 38.8 Å². The van der Waals surface area contributed by atoms with Gasteiger partial charge in [0.2, 0.25) is 0 Å². The third-order valence-corrected chi connectivity index (χ3v) is 4.63. The van der Waals surface area contributed by atoms with Crippen LogP contribution < -0.4 is 5.32 Å². The van der Waals surface area contributed by atoms with Crippen molar-refractivity contribution in [1.82, 2.24) is 10.2 Å². The highest BCUT2D eigenvalue weighted by Crippen LogP contribution is 2.23. The normalized spacial score (nSPS) is 20.2. The van der Waals surface area contributed by atoms with Crippen molar-refractivity contribution in [3.05, 3.63) is 0 Å². The van der Waals surface area contributed by atoms with Gasteiger partial charge in [0, 0.05) is 6.54 Å². The molecule has 1 N–H and O–H groups in total. The molecule has 1 heterocycles. The Morgan fingerprint density at radius 1 is 1.29 bits per heavy atom. The molecule has 0 aromatic carbocycles. The summed E-state index contributed by atoms with van der Waals surface area (Å²) in [6.45, 7) is 12.7. The highest BCUT2D eigenvalue weighted by molar-refractivity contribution is 5.80. The molecule has 4 heteroatoms. The number of ether oxygens (including phenoxy) is 1. The summed E-state index contributed by atoms with van der Waals surface area (Å²) in [6.07, 6.45) is 6.10. The zero-order valence-electron chi connectivity index (χ0n) is 14.4. The molecule has 4 nitrogen and oxygen atoms in total. The lowest BCUT2D eigenvalue weighted by Gasteiger charge is -2.35. The Bertz CT molecular complexity index is 301. The maximum atomic E-state index is 12.2. The number of likely N-dealkylation sites (tertiary alicyclic amines) is 1. The zero-order valence-corrected chi connectivity index (χ0v) is 14.4. The first-order valence-corrected chi connectivity index (χ1v) is 8.70. The van der Waals surface area contributed by atoms with Crippen LogP contribution in [0.25, 0.3) is 0 Å². The van der Waals surface area contributed by atoms with Crippen LogP contribution in [0.4, 0.5) is 0 Å². The van der Waals surface area contributed by atoms with Gasteiger partial charge in [-0.25, -0.2) is 0 Å². The molecule has 0 radical (unpaired) electrons. The smallest absolute Gasteiger partial charge is 0.326 e. The second kappa shape index (κ2) is 9.42. The van der Waals surface area contributed by atoms with Crippen molar-refractivity contribution in [3.63, 3.8) is 0 Å². The zero-order chi connectivity index (χ0) is 15.7. The Hall–Kier alpha value is -0.610. The van der Waals surface area contributed by atoms with E-state index in [4.69, 9.17) is 4.74 Å². The molecule has 21 heavy (non-hydrogen) atoms. The molecule has 0 amide bonds. The molecule has 1 aliphatic heterocycles. The molecule has 1 rings (SSSR count). The number of hydrogen-bond acceptors (Lipinski definition) is 4. The van der Waals surface area contributed by atoms with Crippen LogP contribution in [-0.4, -0.2) is 49.2 Å². The van der Waals surface area contributed by atoms with Gasteiger partial charge in [0.15, 0.2) is 0 Å². The predicted octanol–water partition coefficient (Wildman–Crippen LogP) is 2.82. The monoisotopic (exact) mass is 298 g/mol. The molecule has 1 atom stereocenters. The van der Waals surface area contributed by atoms with E-state index in [1.807, 2.05) is 20.8 Å². The van der Waals surface area contributed by atoms with E-state index in [-0.39, 0.29) is 5.97 Å². The molecule has 0 spiro atoms. The summed E-state index contributed by atoms with van der Waals surface area (Å²) < 4.78 is 5.23. The van der Waals surface area contributed by atoms with Crippen molar-refractivity contribution in [2.45, 2.75) is 65.3 Å². The summed E-state index contributed by atoms with van der Waals surface area (Å²) in [5.74, 6) is 0.796.